The van der Waals surface area contributed by atoms with Gasteiger partial charge in [0.1, 0.15) is 0 Å². The molecule has 0 aliphatic carbocycles. The van der Waals surface area contributed by atoms with Crippen molar-refractivity contribution in [1.29, 1.82) is 0 Å². The number of aromatic nitrogens is 2. The van der Waals surface area contributed by atoms with Crippen molar-refractivity contribution in [3.05, 3.63) is 41.6 Å². The highest BCUT2D eigenvalue weighted by atomic mass is 15.3. The van der Waals surface area contributed by atoms with Crippen LogP contribution < -0.4 is 5.73 Å². The summed E-state index contributed by atoms with van der Waals surface area (Å²) < 4.78 is 1.88. The third-order valence-electron chi connectivity index (χ3n) is 2.63. The molecule has 0 bridgehead atoms. The van der Waals surface area contributed by atoms with Gasteiger partial charge in [-0.05, 0) is 12.5 Å². The van der Waals surface area contributed by atoms with E-state index in [1.165, 1.54) is 11.1 Å². The number of hydrogen-bond donors (Lipinski definition) is 1. The zero-order valence-corrected chi connectivity index (χ0v) is 9.07. The molecule has 2 rings (SSSR count). The summed E-state index contributed by atoms with van der Waals surface area (Å²) in [6.45, 7) is 2.63. The van der Waals surface area contributed by atoms with Gasteiger partial charge in [-0.3, -0.25) is 4.68 Å². The Morgan fingerprint density at radius 2 is 2.07 bits per heavy atom. The van der Waals surface area contributed by atoms with Crippen LogP contribution in [0.3, 0.4) is 0 Å². The van der Waals surface area contributed by atoms with Crippen molar-refractivity contribution in [3.8, 4) is 11.3 Å². The van der Waals surface area contributed by atoms with Crippen LogP contribution in [0.1, 0.15) is 11.1 Å². The zero-order valence-electron chi connectivity index (χ0n) is 9.07. The molecular formula is C12H15N3. The second-order valence-corrected chi connectivity index (χ2v) is 3.66. The molecule has 2 N–H and O–H groups in total. The third-order valence-corrected chi connectivity index (χ3v) is 2.63. The van der Waals surface area contributed by atoms with Crippen LogP contribution in [0, 0.1) is 6.92 Å². The summed E-state index contributed by atoms with van der Waals surface area (Å²) in [5, 5.41) is 4.24. The molecule has 0 radical (unpaired) electrons. The molecule has 0 fully saturated rings. The Hall–Kier alpha value is -1.61. The Morgan fingerprint density at radius 1 is 1.33 bits per heavy atom. The van der Waals surface area contributed by atoms with Gasteiger partial charge in [0.15, 0.2) is 0 Å². The van der Waals surface area contributed by atoms with Gasteiger partial charge >= 0.3 is 0 Å². The Balaban J connectivity index is 2.63. The van der Waals surface area contributed by atoms with Gasteiger partial charge in [0, 0.05) is 24.7 Å². The van der Waals surface area contributed by atoms with Crippen LogP contribution in [0.25, 0.3) is 11.3 Å². The number of nitrogens with two attached hydrogens (primary N) is 1. The molecule has 1 aromatic heterocycles. The average Bonchev–Trinajstić information content (AvgIpc) is 2.60. The fourth-order valence-electron chi connectivity index (χ4n) is 1.82. The van der Waals surface area contributed by atoms with Gasteiger partial charge in [-0.2, -0.15) is 5.10 Å². The molecular weight excluding hydrogens is 186 g/mol. The molecule has 0 spiro atoms. The number of benzene rings is 1. The van der Waals surface area contributed by atoms with Crippen molar-refractivity contribution < 1.29 is 0 Å². The van der Waals surface area contributed by atoms with Gasteiger partial charge in [0.05, 0.1) is 11.9 Å². The predicted molar refractivity (Wildman–Crippen MR) is 61.3 cm³/mol. The van der Waals surface area contributed by atoms with Gasteiger partial charge in [-0.15, -0.1) is 0 Å². The number of aryl methyl sites for hydroxylation is 2. The summed E-state index contributed by atoms with van der Waals surface area (Å²) >= 11 is 0. The first-order valence-electron chi connectivity index (χ1n) is 5.01. The van der Waals surface area contributed by atoms with Crippen molar-refractivity contribution in [2.45, 2.75) is 13.5 Å². The van der Waals surface area contributed by atoms with Crippen LogP contribution in [-0.2, 0) is 13.6 Å². The van der Waals surface area contributed by atoms with E-state index in [9.17, 15) is 0 Å². The van der Waals surface area contributed by atoms with E-state index in [0.29, 0.717) is 6.54 Å². The molecule has 0 aliphatic rings. The Morgan fingerprint density at radius 3 is 2.73 bits per heavy atom. The standard InChI is InChI=1S/C12H15N3/c1-9-5-3-4-6-11(9)12-10(7-13)8-14-15(12)2/h3-6,8H,7,13H2,1-2H3. The Labute approximate surface area is 89.5 Å². The summed E-state index contributed by atoms with van der Waals surface area (Å²) in [6, 6.07) is 8.28. The minimum Gasteiger partial charge on any atom is -0.326 e. The van der Waals surface area contributed by atoms with Crippen LogP contribution in [0.2, 0.25) is 0 Å². The molecule has 2 aromatic rings. The number of nitrogens with zero attached hydrogens (tertiary/aromatic N) is 2. The second kappa shape index (κ2) is 3.87. The highest BCUT2D eigenvalue weighted by Gasteiger charge is 2.10. The van der Waals surface area contributed by atoms with Gasteiger partial charge < -0.3 is 5.73 Å². The second-order valence-electron chi connectivity index (χ2n) is 3.66. The van der Waals surface area contributed by atoms with Crippen molar-refractivity contribution in [2.24, 2.45) is 12.8 Å². The first-order chi connectivity index (χ1) is 7.24. The SMILES string of the molecule is Cc1ccccc1-c1c(CN)cnn1C. The average molecular weight is 201 g/mol. The summed E-state index contributed by atoms with van der Waals surface area (Å²) in [5.74, 6) is 0. The van der Waals surface area contributed by atoms with Crippen molar-refractivity contribution >= 4 is 0 Å². The van der Waals surface area contributed by atoms with E-state index in [1.807, 2.05) is 30.1 Å². The minimum absolute atomic E-state index is 0.525. The molecule has 15 heavy (non-hydrogen) atoms. The zero-order chi connectivity index (χ0) is 10.8. The van der Waals surface area contributed by atoms with E-state index in [-0.39, 0.29) is 0 Å². The first kappa shape index (κ1) is 9.93. The third kappa shape index (κ3) is 1.66. The lowest BCUT2D eigenvalue weighted by molar-refractivity contribution is 0.774. The molecule has 1 aromatic carbocycles. The summed E-state index contributed by atoms with van der Waals surface area (Å²) in [4.78, 5) is 0. The largest absolute Gasteiger partial charge is 0.326 e. The smallest absolute Gasteiger partial charge is 0.0726 e. The molecule has 3 heteroatoms. The molecule has 0 aliphatic heterocycles. The van der Waals surface area contributed by atoms with Gasteiger partial charge in [0.25, 0.3) is 0 Å². The molecule has 78 valence electrons. The Kier molecular flexibility index (Phi) is 2.56. The summed E-state index contributed by atoms with van der Waals surface area (Å²) in [7, 11) is 1.95. The first-order valence-corrected chi connectivity index (χ1v) is 5.01. The number of rotatable bonds is 2. The maximum Gasteiger partial charge on any atom is 0.0726 e. The van der Waals surface area contributed by atoms with Crippen LogP contribution in [0.5, 0.6) is 0 Å². The van der Waals surface area contributed by atoms with Crippen molar-refractivity contribution in [2.75, 3.05) is 0 Å². The van der Waals surface area contributed by atoms with Crippen LogP contribution in [-0.4, -0.2) is 9.78 Å². The maximum atomic E-state index is 5.70. The molecule has 3 nitrogen and oxygen atoms in total. The molecule has 0 unspecified atom stereocenters. The van der Waals surface area contributed by atoms with E-state index in [1.54, 1.807) is 0 Å². The molecule has 1 heterocycles. The molecule has 0 amide bonds. The fourth-order valence-corrected chi connectivity index (χ4v) is 1.82. The van der Waals surface area contributed by atoms with Gasteiger partial charge in [-0.1, -0.05) is 24.3 Å². The minimum atomic E-state index is 0.525. The predicted octanol–water partition coefficient (Wildman–Crippen LogP) is 1.85. The lowest BCUT2D eigenvalue weighted by Crippen LogP contribution is -2.01. The van der Waals surface area contributed by atoms with E-state index < -0.39 is 0 Å². The van der Waals surface area contributed by atoms with E-state index in [2.05, 4.69) is 24.2 Å². The van der Waals surface area contributed by atoms with Crippen LogP contribution in [0.15, 0.2) is 30.5 Å². The Bertz CT molecular complexity index is 471. The van der Waals surface area contributed by atoms with E-state index in [4.69, 9.17) is 5.73 Å². The lowest BCUT2D eigenvalue weighted by atomic mass is 10.0. The van der Waals surface area contributed by atoms with Crippen molar-refractivity contribution in [3.63, 3.8) is 0 Å². The van der Waals surface area contributed by atoms with Crippen LogP contribution in [0.4, 0.5) is 0 Å². The lowest BCUT2D eigenvalue weighted by Gasteiger charge is -2.08. The highest BCUT2D eigenvalue weighted by Crippen LogP contribution is 2.25. The van der Waals surface area contributed by atoms with Gasteiger partial charge in [-0.25, -0.2) is 0 Å². The fraction of sp³-hybridized carbons (Fsp3) is 0.250. The molecule has 0 atom stereocenters. The summed E-state index contributed by atoms with van der Waals surface area (Å²) in [5.41, 5.74) is 10.4. The molecule has 0 saturated heterocycles. The van der Waals surface area contributed by atoms with Crippen molar-refractivity contribution in [1.82, 2.24) is 9.78 Å². The monoisotopic (exact) mass is 201 g/mol. The normalized spacial score (nSPS) is 10.6. The quantitative estimate of drug-likeness (QED) is 0.806. The highest BCUT2D eigenvalue weighted by molar-refractivity contribution is 5.66. The number of hydrogen-bond acceptors (Lipinski definition) is 2. The topological polar surface area (TPSA) is 43.8 Å². The maximum absolute atomic E-state index is 5.70. The van der Waals surface area contributed by atoms with Gasteiger partial charge in [0.2, 0.25) is 0 Å². The van der Waals surface area contributed by atoms with E-state index in [0.717, 1.165) is 11.3 Å². The van der Waals surface area contributed by atoms with E-state index >= 15 is 0 Å². The van der Waals surface area contributed by atoms with Crippen LogP contribution >= 0.6 is 0 Å². The molecule has 0 saturated carbocycles. The summed E-state index contributed by atoms with van der Waals surface area (Å²) in [6.07, 6.45) is 1.84.